The van der Waals surface area contributed by atoms with Crippen LogP contribution in [0, 0.1) is 6.92 Å². The molecule has 9 nitrogen and oxygen atoms in total. The molecule has 144 valence electrons. The highest BCUT2D eigenvalue weighted by Gasteiger charge is 2.13. The van der Waals surface area contributed by atoms with Gasteiger partial charge >= 0.3 is 6.09 Å². The van der Waals surface area contributed by atoms with E-state index in [1.165, 1.54) is 0 Å². The van der Waals surface area contributed by atoms with E-state index in [9.17, 15) is 4.79 Å². The Morgan fingerprint density at radius 1 is 1.26 bits per heavy atom. The first-order chi connectivity index (χ1) is 13.0. The van der Waals surface area contributed by atoms with Gasteiger partial charge in [-0.3, -0.25) is 4.40 Å². The predicted molar refractivity (Wildman–Crippen MR) is 105 cm³/mol. The van der Waals surface area contributed by atoms with Crippen molar-refractivity contribution in [1.29, 1.82) is 0 Å². The van der Waals surface area contributed by atoms with Crippen LogP contribution in [0.15, 0.2) is 18.2 Å². The molecule has 0 aliphatic heterocycles. The molecule has 0 atom stereocenters. The van der Waals surface area contributed by atoms with Crippen molar-refractivity contribution in [1.82, 2.24) is 24.9 Å². The zero-order valence-electron chi connectivity index (χ0n) is 15.8. The number of nitrogens with two attached hydrogens (primary N) is 1. The molecular weight excluding hydrogens is 346 g/mol. The van der Waals surface area contributed by atoms with Gasteiger partial charge < -0.3 is 21.1 Å². The third-order valence-corrected chi connectivity index (χ3v) is 4.02. The minimum atomic E-state index is -0.380. The van der Waals surface area contributed by atoms with E-state index >= 15 is 0 Å². The molecule has 2 heterocycles. The average Bonchev–Trinajstić information content (AvgIpc) is 3.00. The summed E-state index contributed by atoms with van der Waals surface area (Å²) in [5, 5.41) is 14.5. The molecule has 0 bridgehead atoms. The molecular formula is C18H25N7O2. The molecule has 9 heteroatoms. The average molecular weight is 371 g/mol. The second kappa shape index (κ2) is 8.07. The van der Waals surface area contributed by atoms with Gasteiger partial charge in [0.1, 0.15) is 5.82 Å². The number of nitrogens with one attached hydrogen (secondary N) is 2. The van der Waals surface area contributed by atoms with Crippen LogP contribution in [0.5, 0.6) is 0 Å². The van der Waals surface area contributed by atoms with Crippen LogP contribution in [-0.4, -0.2) is 44.9 Å². The van der Waals surface area contributed by atoms with Crippen LogP contribution >= 0.6 is 0 Å². The number of alkyl carbamates (subject to hydrolysis) is 1. The molecule has 3 rings (SSSR count). The summed E-state index contributed by atoms with van der Waals surface area (Å²) in [4.78, 5) is 16.1. The highest BCUT2D eigenvalue weighted by Crippen LogP contribution is 2.23. The first kappa shape index (κ1) is 18.7. The number of aromatic nitrogens is 4. The fourth-order valence-electron chi connectivity index (χ4n) is 2.81. The maximum Gasteiger partial charge on any atom is 0.407 e. The minimum absolute atomic E-state index is 0.116. The number of aryl methyl sites for hydroxylation is 1. The largest absolute Gasteiger partial charge is 0.447 e. The van der Waals surface area contributed by atoms with Gasteiger partial charge in [-0.1, -0.05) is 0 Å². The molecule has 0 fully saturated rings. The van der Waals surface area contributed by atoms with Crippen molar-refractivity contribution in [2.24, 2.45) is 0 Å². The van der Waals surface area contributed by atoms with Gasteiger partial charge in [0.25, 0.3) is 0 Å². The predicted octanol–water partition coefficient (Wildman–Crippen LogP) is 2.49. The van der Waals surface area contributed by atoms with E-state index in [-0.39, 0.29) is 12.2 Å². The molecule has 1 amide bonds. The van der Waals surface area contributed by atoms with Crippen molar-refractivity contribution in [3.8, 4) is 0 Å². The van der Waals surface area contributed by atoms with Gasteiger partial charge in [-0.05, 0) is 51.8 Å². The van der Waals surface area contributed by atoms with Gasteiger partial charge in [0.2, 0.25) is 5.65 Å². The van der Waals surface area contributed by atoms with Crippen LogP contribution in [0.1, 0.15) is 32.5 Å². The Labute approximate surface area is 157 Å². The third kappa shape index (κ3) is 4.36. The maximum absolute atomic E-state index is 11.4. The maximum atomic E-state index is 11.4. The minimum Gasteiger partial charge on any atom is -0.447 e. The smallest absolute Gasteiger partial charge is 0.407 e. The Hall–Kier alpha value is -3.10. The molecule has 0 saturated carbocycles. The van der Waals surface area contributed by atoms with Crippen LogP contribution in [-0.2, 0) is 4.74 Å². The highest BCUT2D eigenvalue weighted by atomic mass is 16.6. The van der Waals surface area contributed by atoms with E-state index in [0.29, 0.717) is 30.2 Å². The molecule has 0 spiro atoms. The van der Waals surface area contributed by atoms with E-state index in [2.05, 4.69) is 25.8 Å². The van der Waals surface area contributed by atoms with Crippen molar-refractivity contribution in [2.75, 3.05) is 24.1 Å². The van der Waals surface area contributed by atoms with Crippen LogP contribution in [0.25, 0.3) is 16.7 Å². The molecule has 0 aliphatic rings. The fourth-order valence-corrected chi connectivity index (χ4v) is 2.81. The fraction of sp³-hybridized carbons (Fsp3) is 0.444. The number of amides is 1. The number of ether oxygens (including phenoxy) is 1. The first-order valence-corrected chi connectivity index (χ1v) is 9.05. The second-order valence-electron chi connectivity index (χ2n) is 6.63. The number of hydrogen-bond donors (Lipinski definition) is 3. The second-order valence-corrected chi connectivity index (χ2v) is 6.63. The molecule has 27 heavy (non-hydrogen) atoms. The summed E-state index contributed by atoms with van der Waals surface area (Å²) in [6.07, 6.45) is 1.19. The van der Waals surface area contributed by atoms with Crippen molar-refractivity contribution in [3.05, 3.63) is 24.0 Å². The van der Waals surface area contributed by atoms with Gasteiger partial charge in [-0.15, -0.1) is 10.2 Å². The summed E-state index contributed by atoms with van der Waals surface area (Å²) >= 11 is 0. The molecule has 3 aromatic rings. The van der Waals surface area contributed by atoms with Crippen LogP contribution in [0.3, 0.4) is 0 Å². The number of fused-ring (bicyclic) bond motifs is 3. The van der Waals surface area contributed by atoms with Crippen molar-refractivity contribution >= 4 is 34.3 Å². The van der Waals surface area contributed by atoms with Gasteiger partial charge in [0, 0.05) is 18.8 Å². The molecule has 0 aliphatic carbocycles. The Balaban J connectivity index is 1.62. The standard InChI is InChI=1S/C18H25N7O2/c1-11(2)27-18(26)21-9-5-4-8-20-16-17-24-23-12(3)25(17)15-10-13(19)6-7-14(15)22-16/h6-7,10-11H,4-5,8-9,19H2,1-3H3,(H,20,22)(H,21,26). The third-order valence-electron chi connectivity index (χ3n) is 4.02. The summed E-state index contributed by atoms with van der Waals surface area (Å²) in [6.45, 7) is 6.81. The zero-order valence-corrected chi connectivity index (χ0v) is 15.8. The number of nitrogens with zero attached hydrogens (tertiary/aromatic N) is 4. The van der Waals surface area contributed by atoms with Crippen molar-refractivity contribution in [3.63, 3.8) is 0 Å². The molecule has 0 radical (unpaired) electrons. The lowest BCUT2D eigenvalue weighted by Crippen LogP contribution is -2.27. The molecule has 2 aromatic heterocycles. The van der Waals surface area contributed by atoms with Crippen LogP contribution in [0.2, 0.25) is 0 Å². The van der Waals surface area contributed by atoms with Gasteiger partial charge in [-0.2, -0.15) is 0 Å². The van der Waals surface area contributed by atoms with Gasteiger partial charge in [-0.25, -0.2) is 9.78 Å². The number of unbranched alkanes of at least 4 members (excludes halogenated alkanes) is 1. The van der Waals surface area contributed by atoms with E-state index in [0.717, 1.165) is 29.7 Å². The number of anilines is 2. The van der Waals surface area contributed by atoms with Gasteiger partial charge in [0.05, 0.1) is 17.1 Å². The Morgan fingerprint density at radius 3 is 2.81 bits per heavy atom. The quantitative estimate of drug-likeness (QED) is 0.431. The Kier molecular flexibility index (Phi) is 5.58. The van der Waals surface area contributed by atoms with Crippen molar-refractivity contribution < 1.29 is 9.53 Å². The van der Waals surface area contributed by atoms with Crippen LogP contribution in [0.4, 0.5) is 16.3 Å². The van der Waals surface area contributed by atoms with E-state index in [1.54, 1.807) is 0 Å². The molecule has 4 N–H and O–H groups in total. The Bertz CT molecular complexity index is 952. The van der Waals surface area contributed by atoms with E-state index < -0.39 is 0 Å². The summed E-state index contributed by atoms with van der Waals surface area (Å²) in [5.74, 6) is 1.46. The summed E-state index contributed by atoms with van der Waals surface area (Å²) in [5.41, 5.74) is 8.95. The van der Waals surface area contributed by atoms with E-state index in [4.69, 9.17) is 10.5 Å². The Morgan fingerprint density at radius 2 is 2.04 bits per heavy atom. The SMILES string of the molecule is Cc1nnc2c(NCCCCNC(=O)OC(C)C)nc3ccc(N)cc3n12. The lowest BCUT2D eigenvalue weighted by atomic mass is 10.2. The van der Waals surface area contributed by atoms with Crippen molar-refractivity contribution in [2.45, 2.75) is 39.7 Å². The molecule has 1 aromatic carbocycles. The first-order valence-electron chi connectivity index (χ1n) is 9.05. The molecule has 0 saturated heterocycles. The number of benzene rings is 1. The molecule has 0 unspecified atom stereocenters. The van der Waals surface area contributed by atoms with Crippen LogP contribution < -0.4 is 16.4 Å². The van der Waals surface area contributed by atoms with Gasteiger partial charge in [0.15, 0.2) is 5.82 Å². The lowest BCUT2D eigenvalue weighted by molar-refractivity contribution is 0.115. The lowest BCUT2D eigenvalue weighted by Gasteiger charge is -2.11. The highest BCUT2D eigenvalue weighted by molar-refractivity contribution is 5.85. The monoisotopic (exact) mass is 371 g/mol. The normalized spacial score (nSPS) is 11.3. The summed E-state index contributed by atoms with van der Waals surface area (Å²) in [7, 11) is 0. The topological polar surface area (TPSA) is 119 Å². The zero-order chi connectivity index (χ0) is 19.4. The van der Waals surface area contributed by atoms with E-state index in [1.807, 2.05) is 43.4 Å². The number of carbonyl (C=O) groups is 1. The summed E-state index contributed by atoms with van der Waals surface area (Å²) < 4.78 is 6.97. The number of nitrogen functional groups attached to an aromatic ring is 1. The number of hydrogen-bond acceptors (Lipinski definition) is 7. The summed E-state index contributed by atoms with van der Waals surface area (Å²) in [6, 6.07) is 5.59. The number of rotatable bonds is 7. The number of carbonyl (C=O) groups excluding carboxylic acids is 1.